The standard InChI is InChI=1S/C18H22FN3O2/c1-12-4-5-13(8-15(12)19)17(24)21-16(14-9-20-22(2)10-14)18(11-23)6-3-7-18/h4-5,8-10,16,23H,3,6-7,11H2,1-2H3,(H,21,24)/t16-/m0/s1. The molecule has 0 spiro atoms. The zero-order chi connectivity index (χ0) is 17.3. The molecule has 1 heterocycles. The third-order valence-electron chi connectivity index (χ3n) is 5.04. The highest BCUT2D eigenvalue weighted by Gasteiger charge is 2.45. The Morgan fingerprint density at radius 3 is 2.75 bits per heavy atom. The molecule has 0 aliphatic heterocycles. The van der Waals surface area contributed by atoms with E-state index < -0.39 is 5.82 Å². The molecule has 1 saturated carbocycles. The number of nitrogens with one attached hydrogen (secondary N) is 1. The zero-order valence-electron chi connectivity index (χ0n) is 13.9. The van der Waals surface area contributed by atoms with Crippen LogP contribution < -0.4 is 5.32 Å². The van der Waals surface area contributed by atoms with Crippen LogP contribution >= 0.6 is 0 Å². The molecule has 0 radical (unpaired) electrons. The molecular formula is C18H22FN3O2. The Bertz CT molecular complexity index is 747. The number of aryl methyl sites for hydroxylation is 2. The van der Waals surface area contributed by atoms with Gasteiger partial charge in [-0.2, -0.15) is 5.10 Å². The van der Waals surface area contributed by atoms with Gasteiger partial charge in [0.25, 0.3) is 5.91 Å². The minimum atomic E-state index is -0.402. The van der Waals surface area contributed by atoms with Crippen LogP contribution in [-0.2, 0) is 7.05 Å². The predicted octanol–water partition coefficient (Wildman–Crippen LogP) is 2.50. The van der Waals surface area contributed by atoms with E-state index in [2.05, 4.69) is 10.4 Å². The van der Waals surface area contributed by atoms with Crippen LogP contribution in [0, 0.1) is 18.2 Å². The molecular weight excluding hydrogens is 309 g/mol. The first-order valence-electron chi connectivity index (χ1n) is 8.12. The van der Waals surface area contributed by atoms with E-state index in [-0.39, 0.29) is 29.5 Å². The van der Waals surface area contributed by atoms with Gasteiger partial charge < -0.3 is 10.4 Å². The lowest BCUT2D eigenvalue weighted by Gasteiger charge is -2.46. The van der Waals surface area contributed by atoms with Gasteiger partial charge in [0.15, 0.2) is 0 Å². The number of hydrogen-bond acceptors (Lipinski definition) is 3. The van der Waals surface area contributed by atoms with E-state index >= 15 is 0 Å². The van der Waals surface area contributed by atoms with Crippen molar-refractivity contribution in [3.8, 4) is 0 Å². The number of amides is 1. The SMILES string of the molecule is Cc1ccc(C(=O)N[C@@H](c2cnn(C)c2)C2(CO)CCC2)cc1F. The Balaban J connectivity index is 1.89. The number of aromatic nitrogens is 2. The average molecular weight is 331 g/mol. The Morgan fingerprint density at radius 1 is 1.50 bits per heavy atom. The van der Waals surface area contributed by atoms with Crippen molar-refractivity contribution in [2.24, 2.45) is 12.5 Å². The molecule has 1 amide bonds. The van der Waals surface area contributed by atoms with Crippen molar-refractivity contribution in [3.63, 3.8) is 0 Å². The summed E-state index contributed by atoms with van der Waals surface area (Å²) in [6.45, 7) is 1.65. The minimum absolute atomic E-state index is 0.00486. The van der Waals surface area contributed by atoms with Crippen molar-refractivity contribution in [2.45, 2.75) is 32.2 Å². The molecule has 1 aromatic heterocycles. The second-order valence-electron chi connectivity index (χ2n) is 6.69. The molecule has 24 heavy (non-hydrogen) atoms. The summed E-state index contributed by atoms with van der Waals surface area (Å²) in [6.07, 6.45) is 6.25. The van der Waals surface area contributed by atoms with Crippen molar-refractivity contribution in [3.05, 3.63) is 53.1 Å². The number of nitrogens with zero attached hydrogens (tertiary/aromatic N) is 2. The van der Waals surface area contributed by atoms with E-state index in [1.54, 1.807) is 29.9 Å². The molecule has 1 aliphatic carbocycles. The highest BCUT2D eigenvalue weighted by molar-refractivity contribution is 5.94. The van der Waals surface area contributed by atoms with Gasteiger partial charge in [-0.3, -0.25) is 9.48 Å². The van der Waals surface area contributed by atoms with Crippen LogP contribution in [0.15, 0.2) is 30.6 Å². The van der Waals surface area contributed by atoms with Crippen molar-refractivity contribution in [2.75, 3.05) is 6.61 Å². The Morgan fingerprint density at radius 2 is 2.25 bits per heavy atom. The van der Waals surface area contributed by atoms with Crippen LogP contribution in [0.1, 0.15) is 46.8 Å². The van der Waals surface area contributed by atoms with Crippen LogP contribution in [-0.4, -0.2) is 27.4 Å². The number of carbonyl (C=O) groups excluding carboxylic acids is 1. The molecule has 128 valence electrons. The number of rotatable bonds is 5. The summed E-state index contributed by atoms with van der Waals surface area (Å²) in [4.78, 5) is 12.6. The molecule has 2 aromatic rings. The number of aliphatic hydroxyl groups is 1. The lowest BCUT2D eigenvalue weighted by molar-refractivity contribution is 0.00598. The smallest absolute Gasteiger partial charge is 0.251 e. The predicted molar refractivity (Wildman–Crippen MR) is 87.9 cm³/mol. The summed E-state index contributed by atoms with van der Waals surface area (Å²) in [5.74, 6) is -0.747. The van der Waals surface area contributed by atoms with Crippen LogP contribution in [0.4, 0.5) is 4.39 Å². The highest BCUT2D eigenvalue weighted by atomic mass is 19.1. The van der Waals surface area contributed by atoms with Gasteiger partial charge in [-0.05, 0) is 37.5 Å². The van der Waals surface area contributed by atoms with E-state index in [1.807, 2.05) is 13.2 Å². The molecule has 1 atom stereocenters. The molecule has 1 aromatic carbocycles. The average Bonchev–Trinajstić information content (AvgIpc) is 2.94. The summed E-state index contributed by atoms with van der Waals surface area (Å²) in [5, 5.41) is 17.1. The quantitative estimate of drug-likeness (QED) is 0.884. The fraction of sp³-hybridized carbons (Fsp3) is 0.444. The summed E-state index contributed by atoms with van der Waals surface area (Å²) in [6, 6.07) is 4.11. The van der Waals surface area contributed by atoms with Crippen LogP contribution in [0.2, 0.25) is 0 Å². The van der Waals surface area contributed by atoms with E-state index in [0.717, 1.165) is 24.8 Å². The molecule has 2 N–H and O–H groups in total. The number of halogens is 1. The van der Waals surface area contributed by atoms with E-state index in [0.29, 0.717) is 5.56 Å². The van der Waals surface area contributed by atoms with Crippen molar-refractivity contribution < 1.29 is 14.3 Å². The first kappa shape index (κ1) is 16.6. The molecule has 6 heteroatoms. The Kier molecular flexibility index (Phi) is 4.41. The molecule has 1 fully saturated rings. The van der Waals surface area contributed by atoms with Gasteiger partial charge in [-0.1, -0.05) is 12.5 Å². The van der Waals surface area contributed by atoms with Crippen molar-refractivity contribution >= 4 is 5.91 Å². The maximum Gasteiger partial charge on any atom is 0.251 e. The van der Waals surface area contributed by atoms with Crippen molar-refractivity contribution in [1.29, 1.82) is 0 Å². The monoisotopic (exact) mass is 331 g/mol. The fourth-order valence-corrected chi connectivity index (χ4v) is 3.30. The summed E-state index contributed by atoms with van der Waals surface area (Å²) in [7, 11) is 1.81. The largest absolute Gasteiger partial charge is 0.396 e. The highest BCUT2D eigenvalue weighted by Crippen LogP contribution is 2.49. The fourth-order valence-electron chi connectivity index (χ4n) is 3.30. The summed E-state index contributed by atoms with van der Waals surface area (Å²) in [5.41, 5.74) is 1.26. The molecule has 0 bridgehead atoms. The topological polar surface area (TPSA) is 67.2 Å². The zero-order valence-corrected chi connectivity index (χ0v) is 13.9. The maximum absolute atomic E-state index is 13.7. The van der Waals surface area contributed by atoms with Gasteiger partial charge in [0.2, 0.25) is 0 Å². The van der Waals surface area contributed by atoms with Gasteiger partial charge in [0.05, 0.1) is 18.8 Å². The van der Waals surface area contributed by atoms with Crippen LogP contribution in [0.3, 0.4) is 0 Å². The molecule has 5 nitrogen and oxygen atoms in total. The third kappa shape index (κ3) is 2.94. The van der Waals surface area contributed by atoms with Gasteiger partial charge in [0.1, 0.15) is 5.82 Å². The summed E-state index contributed by atoms with van der Waals surface area (Å²) < 4.78 is 15.4. The maximum atomic E-state index is 13.7. The van der Waals surface area contributed by atoms with Crippen LogP contribution in [0.5, 0.6) is 0 Å². The first-order valence-corrected chi connectivity index (χ1v) is 8.12. The number of hydrogen-bond donors (Lipinski definition) is 2. The first-order chi connectivity index (χ1) is 11.4. The van der Waals surface area contributed by atoms with Gasteiger partial charge in [-0.25, -0.2) is 4.39 Å². The molecule has 0 unspecified atom stereocenters. The van der Waals surface area contributed by atoms with Crippen molar-refractivity contribution in [1.82, 2.24) is 15.1 Å². The lowest BCUT2D eigenvalue weighted by atomic mass is 9.63. The Labute approximate surface area is 140 Å². The van der Waals surface area contributed by atoms with Gasteiger partial charge in [-0.15, -0.1) is 0 Å². The second kappa shape index (κ2) is 6.36. The van der Waals surface area contributed by atoms with E-state index in [1.165, 1.54) is 6.07 Å². The molecule has 0 saturated heterocycles. The van der Waals surface area contributed by atoms with Gasteiger partial charge in [0, 0.05) is 29.8 Å². The second-order valence-corrected chi connectivity index (χ2v) is 6.69. The number of carbonyl (C=O) groups is 1. The van der Waals surface area contributed by atoms with E-state index in [4.69, 9.17) is 0 Å². The lowest BCUT2D eigenvalue weighted by Crippen LogP contribution is -2.47. The third-order valence-corrected chi connectivity index (χ3v) is 5.04. The number of aliphatic hydroxyl groups excluding tert-OH is 1. The minimum Gasteiger partial charge on any atom is -0.396 e. The van der Waals surface area contributed by atoms with E-state index in [9.17, 15) is 14.3 Å². The normalized spacial score (nSPS) is 17.2. The summed E-state index contributed by atoms with van der Waals surface area (Å²) >= 11 is 0. The van der Waals surface area contributed by atoms with Gasteiger partial charge >= 0.3 is 0 Å². The van der Waals surface area contributed by atoms with Crippen LogP contribution in [0.25, 0.3) is 0 Å². The number of benzene rings is 1. The Hall–Kier alpha value is -2.21. The molecule has 1 aliphatic rings. The molecule has 3 rings (SSSR count).